The minimum Gasteiger partial charge on any atom is -0.492 e. The maximum Gasteiger partial charge on any atom is 0.361 e. The van der Waals surface area contributed by atoms with Crippen LogP contribution in [-0.2, 0) is 4.74 Å². The molecule has 0 fully saturated rings. The van der Waals surface area contributed by atoms with Crippen LogP contribution in [0, 0.1) is 0 Å². The molecule has 6 nitrogen and oxygen atoms in total. The van der Waals surface area contributed by atoms with Gasteiger partial charge in [-0.15, -0.1) is 0 Å². The Morgan fingerprint density at radius 2 is 1.69 bits per heavy atom. The third-order valence-electron chi connectivity index (χ3n) is 3.55. The highest BCUT2D eigenvalue weighted by molar-refractivity contribution is 5.96. The zero-order chi connectivity index (χ0) is 18.5. The third kappa shape index (κ3) is 3.91. The highest BCUT2D eigenvalue weighted by atomic mass is 16.5. The van der Waals surface area contributed by atoms with Crippen LogP contribution in [0.4, 0.5) is 11.5 Å². The number of carbonyl (C=O) groups is 1. The lowest BCUT2D eigenvalue weighted by Gasteiger charge is -2.15. The van der Waals surface area contributed by atoms with Crippen molar-refractivity contribution in [3.05, 3.63) is 54.2 Å². The smallest absolute Gasteiger partial charge is 0.361 e. The molecule has 0 saturated carbocycles. The summed E-state index contributed by atoms with van der Waals surface area (Å²) in [6.07, 6.45) is -0.251. The third-order valence-corrected chi connectivity index (χ3v) is 3.55. The number of anilines is 2. The highest BCUT2D eigenvalue weighted by Gasteiger charge is 2.20. The SMILES string of the molecule is CCOc1ccccc1Nc1nc2ccccc2nc1C(=O)OC(C)C. The largest absolute Gasteiger partial charge is 0.492 e. The van der Waals surface area contributed by atoms with E-state index in [4.69, 9.17) is 9.47 Å². The van der Waals surface area contributed by atoms with Gasteiger partial charge in [-0.1, -0.05) is 24.3 Å². The van der Waals surface area contributed by atoms with Crippen LogP contribution in [0.1, 0.15) is 31.3 Å². The van der Waals surface area contributed by atoms with Gasteiger partial charge in [-0.25, -0.2) is 14.8 Å². The number of hydrogen-bond donors (Lipinski definition) is 1. The molecule has 1 heterocycles. The Labute approximate surface area is 152 Å². The van der Waals surface area contributed by atoms with Crippen molar-refractivity contribution in [1.29, 1.82) is 0 Å². The number of nitrogens with one attached hydrogen (secondary N) is 1. The summed E-state index contributed by atoms with van der Waals surface area (Å²) in [5.74, 6) is 0.490. The molecule has 3 rings (SSSR count). The van der Waals surface area contributed by atoms with Crippen molar-refractivity contribution in [3.63, 3.8) is 0 Å². The average molecular weight is 351 g/mol. The van der Waals surface area contributed by atoms with Gasteiger partial charge in [0.05, 0.1) is 29.4 Å². The minimum absolute atomic E-state index is 0.142. The van der Waals surface area contributed by atoms with Crippen LogP contribution in [0.25, 0.3) is 11.0 Å². The number of benzene rings is 2. The molecular formula is C20H21N3O3. The number of esters is 1. The molecule has 0 unspecified atom stereocenters. The fraction of sp³-hybridized carbons (Fsp3) is 0.250. The second kappa shape index (κ2) is 7.82. The van der Waals surface area contributed by atoms with Gasteiger partial charge in [0.1, 0.15) is 5.75 Å². The molecule has 0 amide bonds. The Morgan fingerprint density at radius 1 is 1.04 bits per heavy atom. The Bertz CT molecular complexity index is 925. The van der Waals surface area contributed by atoms with Gasteiger partial charge in [0.25, 0.3) is 0 Å². The number of ether oxygens (including phenoxy) is 2. The molecule has 0 aliphatic rings. The number of carbonyl (C=O) groups excluding carboxylic acids is 1. The van der Waals surface area contributed by atoms with Gasteiger partial charge in [0.2, 0.25) is 0 Å². The van der Waals surface area contributed by atoms with Crippen LogP contribution in [-0.4, -0.2) is 28.6 Å². The second-order valence-corrected chi connectivity index (χ2v) is 5.92. The van der Waals surface area contributed by atoms with Crippen LogP contribution in [0.5, 0.6) is 5.75 Å². The molecule has 2 aromatic carbocycles. The molecular weight excluding hydrogens is 330 g/mol. The molecule has 26 heavy (non-hydrogen) atoms. The van der Waals surface area contributed by atoms with Gasteiger partial charge < -0.3 is 14.8 Å². The number of aromatic nitrogens is 2. The van der Waals surface area contributed by atoms with E-state index in [0.717, 1.165) is 0 Å². The molecule has 0 bridgehead atoms. The van der Waals surface area contributed by atoms with Gasteiger partial charge >= 0.3 is 5.97 Å². The zero-order valence-corrected chi connectivity index (χ0v) is 15.0. The lowest BCUT2D eigenvalue weighted by atomic mass is 10.2. The van der Waals surface area contributed by atoms with Crippen molar-refractivity contribution in [1.82, 2.24) is 9.97 Å². The zero-order valence-electron chi connectivity index (χ0n) is 15.0. The quantitative estimate of drug-likeness (QED) is 0.666. The molecule has 0 radical (unpaired) electrons. The summed E-state index contributed by atoms with van der Waals surface area (Å²) in [5, 5.41) is 3.17. The molecule has 0 spiro atoms. The van der Waals surface area contributed by atoms with Crippen LogP contribution < -0.4 is 10.1 Å². The lowest BCUT2D eigenvalue weighted by molar-refractivity contribution is 0.0372. The van der Waals surface area contributed by atoms with Crippen LogP contribution in [0.2, 0.25) is 0 Å². The van der Waals surface area contributed by atoms with Crippen molar-refractivity contribution >= 4 is 28.5 Å². The fourth-order valence-corrected chi connectivity index (χ4v) is 2.48. The van der Waals surface area contributed by atoms with Crippen molar-refractivity contribution in [2.45, 2.75) is 26.9 Å². The van der Waals surface area contributed by atoms with Gasteiger partial charge in [0, 0.05) is 0 Å². The first-order valence-electron chi connectivity index (χ1n) is 8.55. The highest BCUT2D eigenvalue weighted by Crippen LogP contribution is 2.29. The predicted molar refractivity (Wildman–Crippen MR) is 101 cm³/mol. The first-order chi connectivity index (χ1) is 12.6. The molecule has 1 N–H and O–H groups in total. The Balaban J connectivity index is 2.07. The summed E-state index contributed by atoms with van der Waals surface area (Å²) in [4.78, 5) is 21.6. The van der Waals surface area contributed by atoms with E-state index in [1.165, 1.54) is 0 Å². The van der Waals surface area contributed by atoms with E-state index in [1.54, 1.807) is 13.8 Å². The Hall–Kier alpha value is -3.15. The summed E-state index contributed by atoms with van der Waals surface area (Å²) < 4.78 is 11.0. The molecule has 0 aliphatic heterocycles. The monoisotopic (exact) mass is 351 g/mol. The number of fused-ring (bicyclic) bond motifs is 1. The molecule has 134 valence electrons. The molecule has 3 aromatic rings. The first-order valence-corrected chi connectivity index (χ1v) is 8.55. The first kappa shape index (κ1) is 17.7. The van der Waals surface area contributed by atoms with E-state index in [1.807, 2.05) is 55.5 Å². The Morgan fingerprint density at radius 3 is 2.38 bits per heavy atom. The van der Waals surface area contributed by atoms with Gasteiger partial charge in [-0.2, -0.15) is 0 Å². The van der Waals surface area contributed by atoms with Crippen molar-refractivity contribution < 1.29 is 14.3 Å². The number of nitrogens with zero attached hydrogens (tertiary/aromatic N) is 2. The summed E-state index contributed by atoms with van der Waals surface area (Å²) in [5.41, 5.74) is 2.16. The van der Waals surface area contributed by atoms with E-state index in [0.29, 0.717) is 34.9 Å². The topological polar surface area (TPSA) is 73.3 Å². The van der Waals surface area contributed by atoms with Crippen LogP contribution in [0.3, 0.4) is 0 Å². The van der Waals surface area contributed by atoms with E-state index in [-0.39, 0.29) is 11.8 Å². The van der Waals surface area contributed by atoms with Gasteiger partial charge in [0.15, 0.2) is 11.5 Å². The normalized spacial score (nSPS) is 10.8. The van der Waals surface area contributed by atoms with Crippen molar-refractivity contribution in [3.8, 4) is 5.75 Å². The van der Waals surface area contributed by atoms with E-state index >= 15 is 0 Å². The maximum atomic E-state index is 12.5. The lowest BCUT2D eigenvalue weighted by Crippen LogP contribution is -2.16. The van der Waals surface area contributed by atoms with E-state index < -0.39 is 5.97 Å². The fourth-order valence-electron chi connectivity index (χ4n) is 2.48. The van der Waals surface area contributed by atoms with Crippen molar-refractivity contribution in [2.24, 2.45) is 0 Å². The molecule has 0 saturated heterocycles. The summed E-state index contributed by atoms with van der Waals surface area (Å²) in [6, 6.07) is 14.9. The molecule has 0 atom stereocenters. The standard InChI is InChI=1S/C20H21N3O3/c1-4-25-17-12-8-7-11-16(17)23-19-18(20(24)26-13(2)3)21-14-9-5-6-10-15(14)22-19/h5-13H,4H2,1-3H3,(H,22,23). The molecule has 1 aromatic heterocycles. The van der Waals surface area contributed by atoms with Gasteiger partial charge in [-0.05, 0) is 45.0 Å². The number of rotatable bonds is 6. The molecule has 6 heteroatoms. The predicted octanol–water partition coefficient (Wildman–Crippen LogP) is 4.34. The van der Waals surface area contributed by atoms with Gasteiger partial charge in [-0.3, -0.25) is 0 Å². The average Bonchev–Trinajstić information content (AvgIpc) is 2.62. The maximum absolute atomic E-state index is 12.5. The second-order valence-electron chi connectivity index (χ2n) is 5.92. The summed E-state index contributed by atoms with van der Waals surface area (Å²) >= 11 is 0. The van der Waals surface area contributed by atoms with E-state index in [2.05, 4.69) is 15.3 Å². The van der Waals surface area contributed by atoms with E-state index in [9.17, 15) is 4.79 Å². The van der Waals surface area contributed by atoms with Crippen LogP contribution >= 0.6 is 0 Å². The summed E-state index contributed by atoms with van der Waals surface area (Å²) in [7, 11) is 0. The van der Waals surface area contributed by atoms with Crippen molar-refractivity contribution in [2.75, 3.05) is 11.9 Å². The minimum atomic E-state index is -0.519. The number of para-hydroxylation sites is 4. The Kier molecular flexibility index (Phi) is 5.31. The molecule has 0 aliphatic carbocycles. The van der Waals surface area contributed by atoms with Crippen LogP contribution in [0.15, 0.2) is 48.5 Å². The summed E-state index contributed by atoms with van der Waals surface area (Å²) in [6.45, 7) is 6.04. The number of hydrogen-bond acceptors (Lipinski definition) is 6.